The molecule has 1 aliphatic heterocycles. The highest BCUT2D eigenvalue weighted by molar-refractivity contribution is 7.87. The van der Waals surface area contributed by atoms with Gasteiger partial charge in [0.2, 0.25) is 0 Å². The first-order valence-corrected chi connectivity index (χ1v) is 4.57. The first-order valence-electron chi connectivity index (χ1n) is 3.13. The topological polar surface area (TPSA) is 63.6 Å². The molecule has 0 spiro atoms. The lowest BCUT2D eigenvalue weighted by atomic mass is 10.1. The van der Waals surface area contributed by atoms with Gasteiger partial charge in [0.05, 0.1) is 6.61 Å². The van der Waals surface area contributed by atoms with Crippen molar-refractivity contribution in [2.24, 2.45) is 0 Å². The lowest BCUT2D eigenvalue weighted by Gasteiger charge is -2.37. The fourth-order valence-electron chi connectivity index (χ4n) is 0.994. The number of rotatable bonds is 2. The van der Waals surface area contributed by atoms with Crippen LogP contribution in [0.4, 0.5) is 0 Å². The van der Waals surface area contributed by atoms with E-state index < -0.39 is 15.1 Å². The molecule has 1 N–H and O–H groups in total. The minimum absolute atomic E-state index is 0.311. The van der Waals surface area contributed by atoms with Gasteiger partial charge in [0.25, 0.3) is 10.1 Å². The second-order valence-corrected chi connectivity index (χ2v) is 4.03. The molecule has 0 aromatic rings. The molecule has 0 aliphatic carbocycles. The summed E-state index contributed by atoms with van der Waals surface area (Å²) in [6, 6.07) is 0. The summed E-state index contributed by atoms with van der Waals surface area (Å²) in [6.07, 6.45) is 0.716. The first-order chi connectivity index (χ1) is 4.52. The zero-order valence-corrected chi connectivity index (χ0v) is 6.52. The summed E-state index contributed by atoms with van der Waals surface area (Å²) in [4.78, 5) is -1.27. The predicted octanol–water partition coefficient (Wildman–Crippen LogP) is 0.401. The average molecular weight is 166 g/mol. The summed E-state index contributed by atoms with van der Waals surface area (Å²) in [6.45, 7) is 2.10. The standard InChI is InChI=1S/C5H10O4S/c1-2-5(3-4-9-5)10(6,7)8/h2-4H2,1H3,(H,6,7,8). The quantitative estimate of drug-likeness (QED) is 0.603. The Kier molecular flexibility index (Phi) is 1.74. The Morgan fingerprint density at radius 1 is 1.70 bits per heavy atom. The van der Waals surface area contributed by atoms with Crippen LogP contribution in [-0.4, -0.2) is 24.5 Å². The molecule has 0 amide bonds. The van der Waals surface area contributed by atoms with Gasteiger partial charge in [-0.25, -0.2) is 0 Å². The number of hydrogen-bond acceptors (Lipinski definition) is 3. The van der Waals surface area contributed by atoms with E-state index in [1.807, 2.05) is 0 Å². The monoisotopic (exact) mass is 166 g/mol. The Bertz CT molecular complexity index is 208. The van der Waals surface area contributed by atoms with Crippen LogP contribution in [-0.2, 0) is 14.9 Å². The van der Waals surface area contributed by atoms with Crippen LogP contribution in [0, 0.1) is 0 Å². The Labute approximate surface area is 59.9 Å². The predicted molar refractivity (Wildman–Crippen MR) is 35.1 cm³/mol. The lowest BCUT2D eigenvalue weighted by Crippen LogP contribution is -2.49. The SMILES string of the molecule is CCC1(S(=O)(=O)O)CCO1. The van der Waals surface area contributed by atoms with Crippen molar-refractivity contribution in [2.45, 2.75) is 24.7 Å². The summed E-state index contributed by atoms with van der Waals surface area (Å²) >= 11 is 0. The molecule has 1 saturated heterocycles. The molecule has 60 valence electrons. The van der Waals surface area contributed by atoms with Crippen LogP contribution in [0.15, 0.2) is 0 Å². The maximum atomic E-state index is 10.6. The van der Waals surface area contributed by atoms with Crippen LogP contribution in [0.2, 0.25) is 0 Å². The highest BCUT2D eigenvalue weighted by atomic mass is 32.2. The van der Waals surface area contributed by atoms with Crippen LogP contribution in [0.1, 0.15) is 19.8 Å². The van der Waals surface area contributed by atoms with Gasteiger partial charge in [-0.15, -0.1) is 0 Å². The molecule has 0 saturated carbocycles. The minimum Gasteiger partial charge on any atom is -0.356 e. The number of hydrogen-bond donors (Lipinski definition) is 1. The van der Waals surface area contributed by atoms with E-state index >= 15 is 0 Å². The van der Waals surface area contributed by atoms with E-state index in [2.05, 4.69) is 0 Å². The van der Waals surface area contributed by atoms with Crippen molar-refractivity contribution in [1.82, 2.24) is 0 Å². The van der Waals surface area contributed by atoms with Gasteiger partial charge in [-0.05, 0) is 6.42 Å². The zero-order valence-electron chi connectivity index (χ0n) is 5.70. The maximum absolute atomic E-state index is 10.6. The molecular weight excluding hydrogens is 156 g/mol. The lowest BCUT2D eigenvalue weighted by molar-refractivity contribution is -0.0917. The van der Waals surface area contributed by atoms with Gasteiger partial charge in [-0.3, -0.25) is 4.55 Å². The molecule has 1 unspecified atom stereocenters. The molecule has 1 rings (SSSR count). The summed E-state index contributed by atoms with van der Waals surface area (Å²) in [7, 11) is -4.00. The van der Waals surface area contributed by atoms with Crippen LogP contribution in [0.5, 0.6) is 0 Å². The van der Waals surface area contributed by atoms with Crippen molar-refractivity contribution >= 4 is 10.1 Å². The van der Waals surface area contributed by atoms with Crippen LogP contribution >= 0.6 is 0 Å². The van der Waals surface area contributed by atoms with Crippen LogP contribution < -0.4 is 0 Å². The first kappa shape index (κ1) is 7.97. The van der Waals surface area contributed by atoms with Gasteiger partial charge in [0, 0.05) is 6.42 Å². The van der Waals surface area contributed by atoms with Gasteiger partial charge in [0.15, 0.2) is 4.93 Å². The van der Waals surface area contributed by atoms with Gasteiger partial charge >= 0.3 is 0 Å². The van der Waals surface area contributed by atoms with Crippen molar-refractivity contribution in [1.29, 1.82) is 0 Å². The van der Waals surface area contributed by atoms with Crippen molar-refractivity contribution in [2.75, 3.05) is 6.61 Å². The third-order valence-corrected chi connectivity index (χ3v) is 3.41. The second-order valence-electron chi connectivity index (χ2n) is 2.34. The molecular formula is C5H10O4S. The van der Waals surface area contributed by atoms with Gasteiger partial charge in [-0.2, -0.15) is 8.42 Å². The summed E-state index contributed by atoms with van der Waals surface area (Å²) < 4.78 is 34.6. The van der Waals surface area contributed by atoms with E-state index in [-0.39, 0.29) is 0 Å². The Balaban J connectivity index is 2.85. The van der Waals surface area contributed by atoms with Crippen molar-refractivity contribution in [3.05, 3.63) is 0 Å². The van der Waals surface area contributed by atoms with E-state index in [0.29, 0.717) is 19.4 Å². The van der Waals surface area contributed by atoms with Crippen LogP contribution in [0.3, 0.4) is 0 Å². The smallest absolute Gasteiger partial charge is 0.295 e. The molecule has 10 heavy (non-hydrogen) atoms. The van der Waals surface area contributed by atoms with Crippen molar-refractivity contribution in [3.63, 3.8) is 0 Å². The van der Waals surface area contributed by atoms with Crippen LogP contribution in [0.25, 0.3) is 0 Å². The third-order valence-electron chi connectivity index (χ3n) is 1.86. The minimum atomic E-state index is -4.00. The van der Waals surface area contributed by atoms with E-state index in [0.717, 1.165) is 0 Å². The molecule has 1 fully saturated rings. The summed E-state index contributed by atoms with van der Waals surface area (Å²) in [5.74, 6) is 0. The molecule has 0 aromatic carbocycles. The highest BCUT2D eigenvalue weighted by Crippen LogP contribution is 2.34. The largest absolute Gasteiger partial charge is 0.356 e. The molecule has 1 heterocycles. The highest BCUT2D eigenvalue weighted by Gasteiger charge is 2.48. The molecule has 1 atom stereocenters. The summed E-state index contributed by atoms with van der Waals surface area (Å²) in [5, 5.41) is 0. The second kappa shape index (κ2) is 2.18. The van der Waals surface area contributed by atoms with E-state index in [9.17, 15) is 8.42 Å². The molecule has 0 aromatic heterocycles. The van der Waals surface area contributed by atoms with E-state index in [4.69, 9.17) is 9.29 Å². The Morgan fingerprint density at radius 3 is 2.20 bits per heavy atom. The molecule has 4 nitrogen and oxygen atoms in total. The van der Waals surface area contributed by atoms with E-state index in [1.54, 1.807) is 6.92 Å². The molecule has 1 aliphatic rings. The van der Waals surface area contributed by atoms with Crippen molar-refractivity contribution in [3.8, 4) is 0 Å². The van der Waals surface area contributed by atoms with Gasteiger partial charge in [0.1, 0.15) is 0 Å². The fraction of sp³-hybridized carbons (Fsp3) is 1.00. The Hall–Kier alpha value is -0.130. The molecule has 0 bridgehead atoms. The summed E-state index contributed by atoms with van der Waals surface area (Å²) in [5.41, 5.74) is 0. The van der Waals surface area contributed by atoms with Gasteiger partial charge in [-0.1, -0.05) is 6.92 Å². The van der Waals surface area contributed by atoms with Crippen molar-refractivity contribution < 1.29 is 17.7 Å². The average Bonchev–Trinajstić information content (AvgIpc) is 1.58. The molecule has 0 radical (unpaired) electrons. The maximum Gasteiger partial charge on any atom is 0.295 e. The zero-order chi connectivity index (χ0) is 7.83. The Morgan fingerprint density at radius 2 is 2.20 bits per heavy atom. The van der Waals surface area contributed by atoms with Gasteiger partial charge < -0.3 is 4.74 Å². The molecule has 5 heteroatoms. The normalized spacial score (nSPS) is 33.4. The third kappa shape index (κ3) is 0.941. The van der Waals surface area contributed by atoms with E-state index in [1.165, 1.54) is 0 Å². The number of ether oxygens (including phenoxy) is 1. The fourth-order valence-corrected chi connectivity index (χ4v) is 1.93.